The predicted molar refractivity (Wildman–Crippen MR) is 68.8 cm³/mol. The molecule has 3 aliphatic carbocycles. The topological polar surface area (TPSA) is 60.7 Å². The van der Waals surface area contributed by atoms with Crippen LogP contribution in [0.1, 0.15) is 47.0 Å². The molecule has 0 aromatic carbocycles. The lowest BCUT2D eigenvalue weighted by Gasteiger charge is -2.68. The van der Waals surface area contributed by atoms with Crippen LogP contribution in [0.2, 0.25) is 0 Å². The van der Waals surface area contributed by atoms with Gasteiger partial charge >= 0.3 is 0 Å². The SMILES string of the molecule is C[C@@H]1[C@H](O)[C@@H]2CC(C)(C)C[C@@H]2[C@@]2(C)C[C@@H](O)[C@@]12O. The van der Waals surface area contributed by atoms with Crippen molar-refractivity contribution in [3.8, 4) is 0 Å². The lowest BCUT2D eigenvalue weighted by molar-refractivity contribution is -0.327. The van der Waals surface area contributed by atoms with Crippen LogP contribution in [0.5, 0.6) is 0 Å². The van der Waals surface area contributed by atoms with E-state index in [0.717, 1.165) is 12.8 Å². The zero-order valence-corrected chi connectivity index (χ0v) is 11.8. The number of rotatable bonds is 0. The Labute approximate surface area is 109 Å². The Morgan fingerprint density at radius 2 is 1.61 bits per heavy atom. The highest BCUT2D eigenvalue weighted by Gasteiger charge is 2.74. The maximum Gasteiger partial charge on any atom is 0.101 e. The molecule has 0 heterocycles. The molecule has 3 heteroatoms. The third-order valence-corrected chi connectivity index (χ3v) is 6.58. The van der Waals surface area contributed by atoms with Crippen LogP contribution in [-0.2, 0) is 0 Å². The van der Waals surface area contributed by atoms with Gasteiger partial charge in [0, 0.05) is 11.3 Å². The number of hydrogen-bond acceptors (Lipinski definition) is 3. The van der Waals surface area contributed by atoms with Gasteiger partial charge in [-0.3, -0.25) is 0 Å². The van der Waals surface area contributed by atoms with E-state index in [4.69, 9.17) is 0 Å². The minimum absolute atomic E-state index is 0.219. The molecule has 3 rings (SSSR count). The Hall–Kier alpha value is -0.120. The molecule has 0 bridgehead atoms. The lowest BCUT2D eigenvalue weighted by Crippen LogP contribution is -2.77. The normalized spacial score (nSPS) is 61.8. The monoisotopic (exact) mass is 254 g/mol. The molecule has 0 spiro atoms. The Kier molecular flexibility index (Phi) is 2.37. The molecule has 104 valence electrons. The molecule has 3 saturated carbocycles. The lowest BCUT2D eigenvalue weighted by atomic mass is 9.41. The van der Waals surface area contributed by atoms with Crippen molar-refractivity contribution in [3.05, 3.63) is 0 Å². The molecule has 3 fully saturated rings. The van der Waals surface area contributed by atoms with Crippen LogP contribution < -0.4 is 0 Å². The standard InChI is InChI=1S/C15H26O3/c1-8-12(17)9-5-13(2,3)6-10(9)14(4)7-11(16)15(8,14)18/h8-12,16-18H,5-7H2,1-4H3/t8-,9-,10+,11-,12+,14-,15+/m1/s1. The molecule has 3 nitrogen and oxygen atoms in total. The van der Waals surface area contributed by atoms with Crippen molar-refractivity contribution in [2.75, 3.05) is 0 Å². The van der Waals surface area contributed by atoms with Crippen molar-refractivity contribution >= 4 is 0 Å². The Morgan fingerprint density at radius 1 is 1.00 bits per heavy atom. The van der Waals surface area contributed by atoms with Crippen LogP contribution in [0.25, 0.3) is 0 Å². The summed E-state index contributed by atoms with van der Waals surface area (Å²) in [4.78, 5) is 0. The molecule has 0 unspecified atom stereocenters. The Morgan fingerprint density at radius 3 is 2.17 bits per heavy atom. The fourth-order valence-electron chi connectivity index (χ4n) is 5.54. The van der Waals surface area contributed by atoms with E-state index >= 15 is 0 Å². The first-order valence-electron chi connectivity index (χ1n) is 7.22. The summed E-state index contributed by atoms with van der Waals surface area (Å²) in [6.45, 7) is 8.51. The Balaban J connectivity index is 2.03. The van der Waals surface area contributed by atoms with Gasteiger partial charge in [0.2, 0.25) is 0 Å². The highest BCUT2D eigenvalue weighted by atomic mass is 16.4. The van der Waals surface area contributed by atoms with E-state index < -0.39 is 17.8 Å². The van der Waals surface area contributed by atoms with Gasteiger partial charge in [-0.15, -0.1) is 0 Å². The van der Waals surface area contributed by atoms with Crippen LogP contribution >= 0.6 is 0 Å². The molecule has 0 radical (unpaired) electrons. The second-order valence-electron chi connectivity index (χ2n) is 8.08. The number of fused-ring (bicyclic) bond motifs is 3. The molecule has 0 aliphatic heterocycles. The number of aliphatic hydroxyl groups excluding tert-OH is 2. The predicted octanol–water partition coefficient (Wildman–Crippen LogP) is 1.55. The average molecular weight is 254 g/mol. The summed E-state index contributed by atoms with van der Waals surface area (Å²) >= 11 is 0. The summed E-state index contributed by atoms with van der Waals surface area (Å²) in [5.74, 6) is 0.390. The van der Waals surface area contributed by atoms with Gasteiger partial charge in [-0.25, -0.2) is 0 Å². The minimum atomic E-state index is -1.09. The third-order valence-electron chi connectivity index (χ3n) is 6.58. The van der Waals surface area contributed by atoms with Gasteiger partial charge in [-0.05, 0) is 36.5 Å². The van der Waals surface area contributed by atoms with Crippen molar-refractivity contribution in [1.29, 1.82) is 0 Å². The third kappa shape index (κ3) is 1.21. The molecule has 0 saturated heterocycles. The molecule has 0 aromatic heterocycles. The number of hydrogen-bond donors (Lipinski definition) is 3. The molecule has 0 aromatic rings. The molecule has 7 atom stereocenters. The zero-order valence-electron chi connectivity index (χ0n) is 11.8. The fourth-order valence-corrected chi connectivity index (χ4v) is 5.54. The maximum atomic E-state index is 10.9. The van der Waals surface area contributed by atoms with E-state index in [1.165, 1.54) is 0 Å². The van der Waals surface area contributed by atoms with Crippen LogP contribution in [0.15, 0.2) is 0 Å². The molecule has 3 aliphatic rings. The molecular formula is C15H26O3. The van der Waals surface area contributed by atoms with Gasteiger partial charge in [0.1, 0.15) is 5.60 Å². The van der Waals surface area contributed by atoms with Gasteiger partial charge in [0.05, 0.1) is 12.2 Å². The summed E-state index contributed by atoms with van der Waals surface area (Å²) in [5.41, 5.74) is -1.07. The molecular weight excluding hydrogens is 228 g/mol. The number of aliphatic hydroxyl groups is 3. The summed E-state index contributed by atoms with van der Waals surface area (Å²) in [7, 11) is 0. The first kappa shape index (κ1) is 12.9. The summed E-state index contributed by atoms with van der Waals surface area (Å²) < 4.78 is 0. The van der Waals surface area contributed by atoms with Gasteiger partial charge in [-0.2, -0.15) is 0 Å². The molecule has 18 heavy (non-hydrogen) atoms. The van der Waals surface area contributed by atoms with Crippen LogP contribution in [-0.4, -0.2) is 33.1 Å². The highest BCUT2D eigenvalue weighted by Crippen LogP contribution is 2.69. The van der Waals surface area contributed by atoms with Crippen molar-refractivity contribution in [2.45, 2.75) is 64.8 Å². The Bertz CT molecular complexity index is 380. The maximum absolute atomic E-state index is 10.9. The summed E-state index contributed by atoms with van der Waals surface area (Å²) in [5, 5.41) is 31.5. The van der Waals surface area contributed by atoms with Crippen LogP contribution in [0.4, 0.5) is 0 Å². The first-order chi connectivity index (χ1) is 8.13. The van der Waals surface area contributed by atoms with Crippen LogP contribution in [0, 0.1) is 28.6 Å². The van der Waals surface area contributed by atoms with Crippen molar-refractivity contribution < 1.29 is 15.3 Å². The van der Waals surface area contributed by atoms with E-state index in [2.05, 4.69) is 20.8 Å². The van der Waals surface area contributed by atoms with E-state index in [0.29, 0.717) is 12.3 Å². The largest absolute Gasteiger partial charge is 0.392 e. The smallest absolute Gasteiger partial charge is 0.101 e. The van der Waals surface area contributed by atoms with Gasteiger partial charge in [0.15, 0.2) is 0 Å². The van der Waals surface area contributed by atoms with Crippen molar-refractivity contribution in [2.24, 2.45) is 28.6 Å². The molecule has 0 amide bonds. The second kappa shape index (κ2) is 3.31. The van der Waals surface area contributed by atoms with E-state index in [1.807, 2.05) is 6.92 Å². The van der Waals surface area contributed by atoms with Gasteiger partial charge < -0.3 is 15.3 Å². The molecule has 3 N–H and O–H groups in total. The fraction of sp³-hybridized carbons (Fsp3) is 1.00. The minimum Gasteiger partial charge on any atom is -0.392 e. The zero-order chi connectivity index (χ0) is 13.5. The van der Waals surface area contributed by atoms with Crippen LogP contribution in [0.3, 0.4) is 0 Å². The van der Waals surface area contributed by atoms with E-state index in [-0.39, 0.29) is 22.7 Å². The first-order valence-corrected chi connectivity index (χ1v) is 7.22. The van der Waals surface area contributed by atoms with E-state index in [1.54, 1.807) is 0 Å². The van der Waals surface area contributed by atoms with E-state index in [9.17, 15) is 15.3 Å². The van der Waals surface area contributed by atoms with Crippen molar-refractivity contribution in [1.82, 2.24) is 0 Å². The summed E-state index contributed by atoms with van der Waals surface area (Å²) in [6, 6.07) is 0. The average Bonchev–Trinajstić information content (AvgIpc) is 2.61. The quantitative estimate of drug-likeness (QED) is 0.614. The van der Waals surface area contributed by atoms with Crippen molar-refractivity contribution in [3.63, 3.8) is 0 Å². The highest BCUT2D eigenvalue weighted by molar-refractivity contribution is 5.23. The van der Waals surface area contributed by atoms with Gasteiger partial charge in [-0.1, -0.05) is 27.7 Å². The van der Waals surface area contributed by atoms with Gasteiger partial charge in [0.25, 0.3) is 0 Å². The summed E-state index contributed by atoms with van der Waals surface area (Å²) in [6.07, 6.45) is 1.61. The second-order valence-corrected chi connectivity index (χ2v) is 8.08.